The highest BCUT2D eigenvalue weighted by atomic mass is 16.5. The zero-order chi connectivity index (χ0) is 24.2. The minimum Gasteiger partial charge on any atom is -0.494 e. The van der Waals surface area contributed by atoms with Gasteiger partial charge in [0.1, 0.15) is 5.75 Å². The Balaban J connectivity index is 1.61. The number of methoxy groups -OCH3 is 1. The van der Waals surface area contributed by atoms with Crippen molar-refractivity contribution in [3.8, 4) is 17.0 Å². The number of fused-ring (bicyclic) bond motifs is 1. The normalized spacial score (nSPS) is 11.2. The van der Waals surface area contributed by atoms with Crippen LogP contribution >= 0.6 is 0 Å². The highest BCUT2D eigenvalue weighted by molar-refractivity contribution is 5.95. The summed E-state index contributed by atoms with van der Waals surface area (Å²) in [6.07, 6.45) is 3.85. The van der Waals surface area contributed by atoms with Crippen LogP contribution in [0.4, 0.5) is 23.0 Å². The van der Waals surface area contributed by atoms with Crippen molar-refractivity contribution in [2.45, 2.75) is 6.92 Å². The van der Waals surface area contributed by atoms with Crippen molar-refractivity contribution in [2.24, 2.45) is 7.05 Å². The van der Waals surface area contributed by atoms with Crippen molar-refractivity contribution in [3.63, 3.8) is 0 Å². The lowest BCUT2D eigenvalue weighted by atomic mass is 10.1. The smallest absolute Gasteiger partial charge is 0.227 e. The zero-order valence-corrected chi connectivity index (χ0v) is 20.5. The minimum absolute atomic E-state index is 0.480. The molecule has 2 aromatic heterocycles. The number of likely N-dealkylation sites (N-methyl/N-ethyl adjacent to an activating group) is 2. The maximum absolute atomic E-state index is 6.43. The van der Waals surface area contributed by atoms with Gasteiger partial charge in [-0.05, 0) is 31.8 Å². The first-order valence-electron chi connectivity index (χ1n) is 11.4. The molecule has 3 N–H and O–H groups in total. The number of benzene rings is 2. The van der Waals surface area contributed by atoms with Crippen LogP contribution in [-0.2, 0) is 7.05 Å². The molecule has 0 fully saturated rings. The van der Waals surface area contributed by atoms with Gasteiger partial charge in [0.25, 0.3) is 0 Å². The van der Waals surface area contributed by atoms with Crippen LogP contribution in [0.25, 0.3) is 22.2 Å². The number of nitrogens with one attached hydrogen (secondary N) is 1. The minimum atomic E-state index is 0.480. The number of para-hydroxylation sites is 1. The molecule has 8 nitrogen and oxygen atoms in total. The molecule has 0 bridgehead atoms. The van der Waals surface area contributed by atoms with Crippen molar-refractivity contribution < 1.29 is 4.74 Å². The molecule has 0 aliphatic heterocycles. The topological polar surface area (TPSA) is 84.5 Å². The van der Waals surface area contributed by atoms with Crippen LogP contribution in [0.15, 0.2) is 54.9 Å². The molecule has 0 unspecified atom stereocenters. The Morgan fingerprint density at radius 2 is 1.91 bits per heavy atom. The SMILES string of the molecule is CCN(C)CCN(C)c1cc(OC)c(Nc2nccc(-c3cn(C)c4ccccc34)n2)cc1N. The van der Waals surface area contributed by atoms with Gasteiger partial charge in [-0.3, -0.25) is 0 Å². The monoisotopic (exact) mass is 459 g/mol. The van der Waals surface area contributed by atoms with Crippen molar-refractivity contribution in [2.75, 3.05) is 56.8 Å². The van der Waals surface area contributed by atoms with Crippen molar-refractivity contribution in [1.29, 1.82) is 0 Å². The van der Waals surface area contributed by atoms with E-state index in [2.05, 4.69) is 57.0 Å². The average molecular weight is 460 g/mol. The van der Waals surface area contributed by atoms with Crippen LogP contribution in [0.1, 0.15) is 6.92 Å². The summed E-state index contributed by atoms with van der Waals surface area (Å²) in [5.41, 5.74) is 11.8. The second-order valence-corrected chi connectivity index (χ2v) is 8.49. The zero-order valence-electron chi connectivity index (χ0n) is 20.5. The molecule has 0 atom stereocenters. The van der Waals surface area contributed by atoms with Crippen LogP contribution < -0.4 is 20.7 Å². The van der Waals surface area contributed by atoms with Crippen LogP contribution in [0.2, 0.25) is 0 Å². The summed E-state index contributed by atoms with van der Waals surface area (Å²) in [5, 5.41) is 4.44. The summed E-state index contributed by atoms with van der Waals surface area (Å²) in [5.74, 6) is 1.16. The van der Waals surface area contributed by atoms with Crippen LogP contribution in [0, 0.1) is 0 Å². The number of ether oxygens (including phenoxy) is 1. The van der Waals surface area contributed by atoms with Gasteiger partial charge >= 0.3 is 0 Å². The Labute approximate surface area is 201 Å². The number of hydrogen-bond acceptors (Lipinski definition) is 7. The maximum Gasteiger partial charge on any atom is 0.227 e. The standard InChI is InChI=1S/C26H33N7O/c1-6-31(2)13-14-32(3)24-16-25(34-5)22(15-20(24)27)30-26-28-12-11-21(29-26)19-17-33(4)23-10-8-7-9-18(19)23/h7-12,15-17H,6,13-14,27H2,1-5H3,(H,28,29,30). The summed E-state index contributed by atoms with van der Waals surface area (Å²) in [6.45, 7) is 4.97. The van der Waals surface area contributed by atoms with Gasteiger partial charge in [0.05, 0.1) is 29.9 Å². The third-order valence-corrected chi connectivity index (χ3v) is 6.19. The van der Waals surface area contributed by atoms with E-state index in [-0.39, 0.29) is 0 Å². The van der Waals surface area contributed by atoms with Crippen LogP contribution in [0.5, 0.6) is 5.75 Å². The number of hydrogen-bond donors (Lipinski definition) is 2. The largest absolute Gasteiger partial charge is 0.494 e. The molecular weight excluding hydrogens is 426 g/mol. The maximum atomic E-state index is 6.43. The molecule has 4 rings (SSSR count). The van der Waals surface area contributed by atoms with E-state index in [1.807, 2.05) is 44.4 Å². The molecule has 2 heterocycles. The van der Waals surface area contributed by atoms with Crippen molar-refractivity contribution in [1.82, 2.24) is 19.4 Å². The molecule has 0 amide bonds. The number of aromatic nitrogens is 3. The molecule has 0 radical (unpaired) electrons. The third-order valence-electron chi connectivity index (χ3n) is 6.19. The van der Waals surface area contributed by atoms with E-state index in [0.717, 1.165) is 53.2 Å². The average Bonchev–Trinajstić information content (AvgIpc) is 3.19. The van der Waals surface area contributed by atoms with Gasteiger partial charge in [0.2, 0.25) is 5.95 Å². The van der Waals surface area contributed by atoms with E-state index in [1.54, 1.807) is 13.3 Å². The molecule has 2 aromatic carbocycles. The first-order valence-corrected chi connectivity index (χ1v) is 11.4. The number of nitrogen functional groups attached to an aromatic ring is 1. The van der Waals surface area contributed by atoms with E-state index < -0.39 is 0 Å². The van der Waals surface area contributed by atoms with Gasteiger partial charge in [-0.15, -0.1) is 0 Å². The van der Waals surface area contributed by atoms with Gasteiger partial charge < -0.3 is 30.2 Å². The number of anilines is 4. The van der Waals surface area contributed by atoms with E-state index in [1.165, 1.54) is 0 Å². The number of aryl methyl sites for hydroxylation is 1. The molecule has 0 saturated heterocycles. The predicted molar refractivity (Wildman–Crippen MR) is 141 cm³/mol. The van der Waals surface area contributed by atoms with Gasteiger partial charge in [0.15, 0.2) is 0 Å². The molecule has 0 aliphatic rings. The van der Waals surface area contributed by atoms with Gasteiger partial charge in [-0.2, -0.15) is 0 Å². The third kappa shape index (κ3) is 4.77. The Bertz CT molecular complexity index is 1280. The predicted octanol–water partition coefficient (Wildman–Crippen LogP) is 4.36. The molecular formula is C26H33N7O. The van der Waals surface area contributed by atoms with Crippen LogP contribution in [-0.4, -0.2) is 60.3 Å². The fourth-order valence-electron chi connectivity index (χ4n) is 4.02. The second-order valence-electron chi connectivity index (χ2n) is 8.49. The van der Waals surface area contributed by atoms with E-state index >= 15 is 0 Å². The number of nitrogens with zero attached hydrogens (tertiary/aromatic N) is 5. The molecule has 4 aromatic rings. The Morgan fingerprint density at radius 3 is 2.68 bits per heavy atom. The fourth-order valence-corrected chi connectivity index (χ4v) is 4.02. The van der Waals surface area contributed by atoms with Gasteiger partial charge in [-0.25, -0.2) is 9.97 Å². The molecule has 8 heteroatoms. The molecule has 0 saturated carbocycles. The molecule has 34 heavy (non-hydrogen) atoms. The highest BCUT2D eigenvalue weighted by Crippen LogP contribution is 2.36. The Kier molecular flexibility index (Phi) is 6.88. The lowest BCUT2D eigenvalue weighted by Crippen LogP contribution is -2.31. The second kappa shape index (κ2) is 10.0. The van der Waals surface area contributed by atoms with E-state index in [0.29, 0.717) is 17.4 Å². The molecule has 178 valence electrons. The fraction of sp³-hybridized carbons (Fsp3) is 0.308. The van der Waals surface area contributed by atoms with Gasteiger partial charge in [-0.1, -0.05) is 25.1 Å². The van der Waals surface area contributed by atoms with Crippen molar-refractivity contribution >= 4 is 33.9 Å². The summed E-state index contributed by atoms with van der Waals surface area (Å²) >= 11 is 0. The van der Waals surface area contributed by atoms with Gasteiger partial charge in [0, 0.05) is 62.1 Å². The summed E-state index contributed by atoms with van der Waals surface area (Å²) in [7, 11) is 7.84. The summed E-state index contributed by atoms with van der Waals surface area (Å²) in [4.78, 5) is 13.6. The Morgan fingerprint density at radius 1 is 1.12 bits per heavy atom. The number of nitrogens with two attached hydrogens (primary N) is 1. The van der Waals surface area contributed by atoms with E-state index in [9.17, 15) is 0 Å². The van der Waals surface area contributed by atoms with Crippen molar-refractivity contribution in [3.05, 3.63) is 54.9 Å². The Hall–Kier alpha value is -3.78. The lowest BCUT2D eigenvalue weighted by Gasteiger charge is -2.25. The molecule has 0 aliphatic carbocycles. The lowest BCUT2D eigenvalue weighted by molar-refractivity contribution is 0.360. The number of rotatable bonds is 9. The summed E-state index contributed by atoms with van der Waals surface area (Å²) in [6, 6.07) is 14.0. The van der Waals surface area contributed by atoms with Crippen LogP contribution in [0.3, 0.4) is 0 Å². The summed E-state index contributed by atoms with van der Waals surface area (Å²) < 4.78 is 7.78. The first kappa shape index (κ1) is 23.4. The highest BCUT2D eigenvalue weighted by Gasteiger charge is 2.15. The molecule has 0 spiro atoms. The quantitative estimate of drug-likeness (QED) is 0.360. The first-order chi connectivity index (χ1) is 16.4. The van der Waals surface area contributed by atoms with E-state index in [4.69, 9.17) is 15.5 Å².